The van der Waals surface area contributed by atoms with Crippen molar-refractivity contribution >= 4 is 65.6 Å². The molecule has 0 amide bonds. The first kappa shape index (κ1) is 32.2. The lowest BCUT2D eigenvalue weighted by Crippen LogP contribution is -2.00. The third-order valence-corrected chi connectivity index (χ3v) is 10.8. The number of para-hydroxylation sites is 1. The summed E-state index contributed by atoms with van der Waals surface area (Å²) in [5.74, 6) is 2.16. The van der Waals surface area contributed by atoms with Gasteiger partial charge in [-0.2, -0.15) is 0 Å². The van der Waals surface area contributed by atoms with Gasteiger partial charge in [-0.15, -0.1) is 0 Å². The Morgan fingerprint density at radius 2 is 1.03 bits per heavy atom. The lowest BCUT2D eigenvalue weighted by Gasteiger charge is -2.11. The number of hydrogen-bond acceptors (Lipinski definition) is 7. The molecule has 269 valence electrons. The van der Waals surface area contributed by atoms with E-state index in [9.17, 15) is 0 Å². The average Bonchev–Trinajstić information content (AvgIpc) is 3.87. The van der Waals surface area contributed by atoms with Crippen LogP contribution in [-0.4, -0.2) is 24.9 Å². The maximum Gasteiger partial charge on any atom is 0.180 e. The first-order chi connectivity index (χ1) is 28.7. The zero-order valence-corrected chi connectivity index (χ0v) is 30.7. The van der Waals surface area contributed by atoms with Crippen LogP contribution < -0.4 is 0 Å². The Morgan fingerprint density at radius 3 is 1.86 bits per heavy atom. The van der Waals surface area contributed by atoms with Crippen LogP contribution in [0.2, 0.25) is 0 Å². The monoisotopic (exact) mass is 742 g/mol. The van der Waals surface area contributed by atoms with Gasteiger partial charge in [0.15, 0.2) is 28.9 Å². The molecule has 0 atom stereocenters. The first-order valence-electron chi connectivity index (χ1n) is 19.1. The molecule has 12 aromatic rings. The van der Waals surface area contributed by atoms with Crippen molar-refractivity contribution in [1.29, 1.82) is 0 Å². The van der Waals surface area contributed by atoms with Crippen LogP contribution in [0.3, 0.4) is 0 Å². The van der Waals surface area contributed by atoms with Crippen LogP contribution >= 0.6 is 0 Å². The highest BCUT2D eigenvalue weighted by Gasteiger charge is 2.24. The smallest absolute Gasteiger partial charge is 0.180 e. The Morgan fingerprint density at radius 1 is 0.397 bits per heavy atom. The number of aromatic nitrogens is 5. The van der Waals surface area contributed by atoms with Gasteiger partial charge in [0.25, 0.3) is 0 Å². The standard InChI is InChI=1S/C51H28N5O2/c1-3-14-32(15-4-1)48-52-45(38-21-11-18-31-26-25-30-13-7-8-19-35(30)43(31)38)47-46(53-48)44-39(22-12-24-41(44)58-47)51-55-49(33-16-5-2-6-17-33)54-50(56-51)34-27-28-37-36-20-9-10-23-40(36)57-42(37)29-34/h1-24,26-29H. The minimum atomic E-state index is 0.495. The van der Waals surface area contributed by atoms with Crippen LogP contribution in [0.5, 0.6) is 0 Å². The molecule has 0 saturated carbocycles. The molecule has 0 unspecified atom stereocenters. The second kappa shape index (κ2) is 12.8. The van der Waals surface area contributed by atoms with Gasteiger partial charge < -0.3 is 8.83 Å². The summed E-state index contributed by atoms with van der Waals surface area (Å²) in [5, 5.41) is 7.15. The largest absolute Gasteiger partial charge is 0.456 e. The highest BCUT2D eigenvalue weighted by atomic mass is 16.3. The van der Waals surface area contributed by atoms with E-state index in [2.05, 4.69) is 54.6 Å². The van der Waals surface area contributed by atoms with Crippen LogP contribution in [0, 0.1) is 6.07 Å². The highest BCUT2D eigenvalue weighted by molar-refractivity contribution is 6.18. The third kappa shape index (κ3) is 5.11. The summed E-state index contributed by atoms with van der Waals surface area (Å²) in [7, 11) is 0. The van der Waals surface area contributed by atoms with Crippen LogP contribution in [-0.2, 0) is 0 Å². The number of benzene rings is 8. The quantitative estimate of drug-likeness (QED) is 0.162. The van der Waals surface area contributed by atoms with Gasteiger partial charge in [0.05, 0.1) is 5.39 Å². The molecular weight excluding hydrogens is 715 g/mol. The molecule has 0 aliphatic heterocycles. The summed E-state index contributed by atoms with van der Waals surface area (Å²) in [5.41, 5.74) is 8.50. The van der Waals surface area contributed by atoms with Gasteiger partial charge in [-0.05, 0) is 57.9 Å². The van der Waals surface area contributed by atoms with E-state index in [1.807, 2.05) is 121 Å². The van der Waals surface area contributed by atoms with Crippen molar-refractivity contribution in [3.05, 3.63) is 176 Å². The summed E-state index contributed by atoms with van der Waals surface area (Å²) in [6, 6.07) is 60.3. The van der Waals surface area contributed by atoms with Crippen LogP contribution in [0.4, 0.5) is 0 Å². The van der Waals surface area contributed by atoms with Gasteiger partial charge >= 0.3 is 0 Å². The number of furan rings is 2. The maximum atomic E-state index is 6.84. The number of hydrogen-bond donors (Lipinski definition) is 0. The van der Waals surface area contributed by atoms with Gasteiger partial charge in [0, 0.05) is 38.6 Å². The van der Waals surface area contributed by atoms with Crippen molar-refractivity contribution in [1.82, 2.24) is 24.9 Å². The summed E-state index contributed by atoms with van der Waals surface area (Å²) in [6.07, 6.45) is 0. The molecule has 0 spiro atoms. The lowest BCUT2D eigenvalue weighted by atomic mass is 9.95. The van der Waals surface area contributed by atoms with Crippen LogP contribution in [0.1, 0.15) is 0 Å². The molecule has 4 aromatic heterocycles. The van der Waals surface area contributed by atoms with Crippen molar-refractivity contribution in [2.75, 3.05) is 0 Å². The van der Waals surface area contributed by atoms with Gasteiger partial charge in [0.1, 0.15) is 28.0 Å². The average molecular weight is 743 g/mol. The molecule has 4 heterocycles. The molecule has 0 aliphatic carbocycles. The minimum Gasteiger partial charge on any atom is -0.456 e. The molecule has 12 rings (SSSR count). The normalized spacial score (nSPS) is 11.8. The highest BCUT2D eigenvalue weighted by Crippen LogP contribution is 2.43. The fourth-order valence-electron chi connectivity index (χ4n) is 8.15. The van der Waals surface area contributed by atoms with Gasteiger partial charge in [0.2, 0.25) is 0 Å². The van der Waals surface area contributed by atoms with E-state index in [0.717, 1.165) is 76.7 Å². The zero-order chi connectivity index (χ0) is 38.2. The predicted octanol–water partition coefficient (Wildman–Crippen LogP) is 12.9. The molecular formula is C51H28N5O2. The molecule has 8 aromatic carbocycles. The Labute approximate surface area is 330 Å². The molecule has 7 nitrogen and oxygen atoms in total. The number of nitrogens with zero attached hydrogens (tertiary/aromatic N) is 5. The summed E-state index contributed by atoms with van der Waals surface area (Å²) in [6.45, 7) is 0. The molecule has 7 heteroatoms. The summed E-state index contributed by atoms with van der Waals surface area (Å²) >= 11 is 0. The van der Waals surface area contributed by atoms with Crippen molar-refractivity contribution in [2.24, 2.45) is 0 Å². The molecule has 0 fully saturated rings. The predicted molar refractivity (Wildman–Crippen MR) is 231 cm³/mol. The second-order valence-electron chi connectivity index (χ2n) is 14.3. The van der Waals surface area contributed by atoms with Crippen molar-refractivity contribution in [3.63, 3.8) is 0 Å². The summed E-state index contributed by atoms with van der Waals surface area (Å²) in [4.78, 5) is 25.9. The van der Waals surface area contributed by atoms with E-state index >= 15 is 0 Å². The van der Waals surface area contributed by atoms with Crippen molar-refractivity contribution in [2.45, 2.75) is 0 Å². The Bertz CT molecular complexity index is 3580. The number of fused-ring (bicyclic) bond motifs is 9. The molecule has 0 bridgehead atoms. The molecule has 0 saturated heterocycles. The molecule has 1 radical (unpaired) electrons. The molecule has 58 heavy (non-hydrogen) atoms. The van der Waals surface area contributed by atoms with E-state index in [1.165, 1.54) is 0 Å². The van der Waals surface area contributed by atoms with E-state index in [1.54, 1.807) is 0 Å². The topological polar surface area (TPSA) is 90.7 Å². The van der Waals surface area contributed by atoms with E-state index in [0.29, 0.717) is 45.7 Å². The van der Waals surface area contributed by atoms with Crippen molar-refractivity contribution in [3.8, 4) is 56.8 Å². The fraction of sp³-hybridized carbons (Fsp3) is 0. The Hall–Kier alpha value is -8.03. The fourth-order valence-corrected chi connectivity index (χ4v) is 8.15. The minimum absolute atomic E-state index is 0.495. The third-order valence-electron chi connectivity index (χ3n) is 10.8. The maximum absolute atomic E-state index is 6.84. The lowest BCUT2D eigenvalue weighted by molar-refractivity contribution is 0.667. The van der Waals surface area contributed by atoms with E-state index in [-0.39, 0.29) is 0 Å². The van der Waals surface area contributed by atoms with E-state index < -0.39 is 0 Å². The van der Waals surface area contributed by atoms with Gasteiger partial charge in [-0.25, -0.2) is 24.9 Å². The SMILES string of the molecule is [c]1cc2cccc(-c3nc(-c4ccccc4)nc4c3oc3cccc(-c5nc(-c6ccccc6)nc(-c6ccc7c(c6)oc6ccccc67)n5)c34)c2c2ccccc12. The van der Waals surface area contributed by atoms with E-state index in [4.69, 9.17) is 33.8 Å². The first-order valence-corrected chi connectivity index (χ1v) is 19.1. The zero-order valence-electron chi connectivity index (χ0n) is 30.7. The van der Waals surface area contributed by atoms with Crippen LogP contribution in [0.25, 0.3) is 122 Å². The van der Waals surface area contributed by atoms with Gasteiger partial charge in [-0.3, -0.25) is 0 Å². The van der Waals surface area contributed by atoms with Crippen LogP contribution in [0.15, 0.2) is 179 Å². The molecule has 0 aliphatic rings. The van der Waals surface area contributed by atoms with Crippen molar-refractivity contribution < 1.29 is 8.83 Å². The molecule has 0 N–H and O–H groups in total. The number of rotatable bonds is 5. The Kier molecular flexibility index (Phi) is 7.09. The summed E-state index contributed by atoms with van der Waals surface area (Å²) < 4.78 is 13.1. The Balaban J connectivity index is 1.14. The second-order valence-corrected chi connectivity index (χ2v) is 14.3. The van der Waals surface area contributed by atoms with Gasteiger partial charge in [-0.1, -0.05) is 140 Å².